The monoisotopic (exact) mass is 309 g/mol. The number of esters is 2. The molecular formula is C14H12FNO6. The molecule has 1 aromatic carbocycles. The Balaban J connectivity index is 2.31. The van der Waals surface area contributed by atoms with E-state index in [2.05, 4.69) is 5.32 Å². The van der Waals surface area contributed by atoms with Crippen molar-refractivity contribution in [3.05, 3.63) is 41.4 Å². The molecule has 0 atom stereocenters. The number of carboxylic acid groups (broad SMARTS) is 1. The minimum Gasteiger partial charge on any atom is -0.478 e. The van der Waals surface area contributed by atoms with Crippen LogP contribution in [0.25, 0.3) is 0 Å². The van der Waals surface area contributed by atoms with Gasteiger partial charge >= 0.3 is 17.9 Å². The summed E-state index contributed by atoms with van der Waals surface area (Å²) in [5, 5.41) is 11.3. The van der Waals surface area contributed by atoms with Crippen molar-refractivity contribution in [1.29, 1.82) is 0 Å². The largest absolute Gasteiger partial charge is 0.478 e. The first-order valence-corrected chi connectivity index (χ1v) is 6.16. The van der Waals surface area contributed by atoms with Crippen LogP contribution < -0.4 is 5.32 Å². The van der Waals surface area contributed by atoms with E-state index < -0.39 is 35.1 Å². The summed E-state index contributed by atoms with van der Waals surface area (Å²) in [5.41, 5.74) is -1.23. The van der Waals surface area contributed by atoms with E-state index in [1.807, 2.05) is 0 Å². The summed E-state index contributed by atoms with van der Waals surface area (Å²) in [6.07, 6.45) is 0.852. The molecule has 2 N–H and O–H groups in total. The van der Waals surface area contributed by atoms with Crippen LogP contribution in [0.3, 0.4) is 0 Å². The Morgan fingerprint density at radius 2 is 1.86 bits per heavy atom. The van der Waals surface area contributed by atoms with Crippen LogP contribution in [0.1, 0.15) is 24.2 Å². The number of halogens is 1. The Bertz CT molecular complexity index is 673. The van der Waals surface area contributed by atoms with E-state index in [0.29, 0.717) is 0 Å². The van der Waals surface area contributed by atoms with Crippen molar-refractivity contribution < 1.29 is 33.4 Å². The van der Waals surface area contributed by atoms with Crippen LogP contribution in [0, 0.1) is 5.82 Å². The molecule has 0 unspecified atom stereocenters. The standard InChI is InChI=1S/C14H12FNO6/c1-14(2)21-12(19)8(13(20)22-14)6-16-10-7(11(17)18)4-3-5-9(10)15/h3-6,16H,1-2H3,(H,17,18). The van der Waals surface area contributed by atoms with E-state index in [4.69, 9.17) is 14.6 Å². The number of carbonyl (C=O) groups excluding carboxylic acids is 2. The predicted molar refractivity (Wildman–Crippen MR) is 71.3 cm³/mol. The lowest BCUT2D eigenvalue weighted by atomic mass is 10.1. The first-order chi connectivity index (χ1) is 10.2. The molecule has 1 aromatic rings. The third-order valence-corrected chi connectivity index (χ3v) is 2.72. The van der Waals surface area contributed by atoms with Gasteiger partial charge in [0.1, 0.15) is 5.82 Å². The Hall–Kier alpha value is -2.90. The maximum atomic E-state index is 13.7. The number of nitrogens with one attached hydrogen (secondary N) is 1. The molecule has 8 heteroatoms. The molecule has 116 valence electrons. The average molecular weight is 309 g/mol. The van der Waals surface area contributed by atoms with Crippen LogP contribution in [0.4, 0.5) is 10.1 Å². The van der Waals surface area contributed by atoms with Gasteiger partial charge in [-0.15, -0.1) is 0 Å². The van der Waals surface area contributed by atoms with Crippen LogP contribution in [0.2, 0.25) is 0 Å². The molecule has 1 fully saturated rings. The van der Waals surface area contributed by atoms with E-state index in [9.17, 15) is 18.8 Å². The van der Waals surface area contributed by atoms with Gasteiger partial charge in [-0.3, -0.25) is 0 Å². The summed E-state index contributed by atoms with van der Waals surface area (Å²) in [7, 11) is 0. The highest BCUT2D eigenvalue weighted by Gasteiger charge is 2.39. The number of ether oxygens (including phenoxy) is 2. The van der Waals surface area contributed by atoms with Crippen LogP contribution >= 0.6 is 0 Å². The highest BCUT2D eigenvalue weighted by molar-refractivity contribution is 6.15. The van der Waals surface area contributed by atoms with Gasteiger partial charge in [-0.05, 0) is 12.1 Å². The van der Waals surface area contributed by atoms with E-state index in [0.717, 1.165) is 12.3 Å². The van der Waals surface area contributed by atoms with Gasteiger partial charge in [0.15, 0.2) is 5.57 Å². The number of benzene rings is 1. The van der Waals surface area contributed by atoms with E-state index in [1.54, 1.807) is 0 Å². The molecule has 7 nitrogen and oxygen atoms in total. The number of carboxylic acids is 1. The van der Waals surface area contributed by atoms with Crippen molar-refractivity contribution >= 4 is 23.6 Å². The minimum absolute atomic E-state index is 0.352. The van der Waals surface area contributed by atoms with Crippen LogP contribution in [0.5, 0.6) is 0 Å². The molecule has 0 saturated carbocycles. The molecule has 0 radical (unpaired) electrons. The summed E-state index contributed by atoms with van der Waals surface area (Å²) in [6.45, 7) is 2.76. The second kappa shape index (κ2) is 5.47. The molecule has 0 aliphatic carbocycles. The van der Waals surface area contributed by atoms with Crippen LogP contribution in [-0.2, 0) is 19.1 Å². The lowest BCUT2D eigenvalue weighted by molar-refractivity contribution is -0.222. The maximum absolute atomic E-state index is 13.7. The summed E-state index contributed by atoms with van der Waals surface area (Å²) in [4.78, 5) is 34.4. The molecule has 0 aromatic heterocycles. The lowest BCUT2D eigenvalue weighted by Gasteiger charge is -2.29. The van der Waals surface area contributed by atoms with Gasteiger partial charge in [-0.25, -0.2) is 18.8 Å². The Morgan fingerprint density at radius 3 is 2.41 bits per heavy atom. The first kappa shape index (κ1) is 15.5. The summed E-state index contributed by atoms with van der Waals surface area (Å²) in [6, 6.07) is 3.43. The number of hydrogen-bond donors (Lipinski definition) is 2. The van der Waals surface area contributed by atoms with E-state index >= 15 is 0 Å². The number of para-hydroxylation sites is 1. The average Bonchev–Trinajstić information content (AvgIpc) is 2.37. The number of hydrogen-bond acceptors (Lipinski definition) is 6. The van der Waals surface area contributed by atoms with Gasteiger partial charge in [-0.1, -0.05) is 6.07 Å². The SMILES string of the molecule is CC1(C)OC(=O)C(=CNc2c(F)cccc2C(=O)O)C(=O)O1. The molecule has 1 aliphatic heterocycles. The van der Waals surface area contributed by atoms with Crippen LogP contribution in [-0.4, -0.2) is 28.8 Å². The molecule has 0 bridgehead atoms. The van der Waals surface area contributed by atoms with Crippen LogP contribution in [0.15, 0.2) is 30.0 Å². The molecular weight excluding hydrogens is 297 g/mol. The highest BCUT2D eigenvalue weighted by atomic mass is 19.1. The van der Waals surface area contributed by atoms with Gasteiger partial charge < -0.3 is 19.9 Å². The van der Waals surface area contributed by atoms with Crippen molar-refractivity contribution in [2.24, 2.45) is 0 Å². The maximum Gasteiger partial charge on any atom is 0.350 e. The molecule has 2 rings (SSSR count). The molecule has 1 saturated heterocycles. The summed E-state index contributed by atoms with van der Waals surface area (Å²) in [5.74, 6) is -5.52. The number of rotatable bonds is 3. The normalized spacial score (nSPS) is 16.6. The highest BCUT2D eigenvalue weighted by Crippen LogP contribution is 2.24. The quantitative estimate of drug-likeness (QED) is 0.497. The zero-order chi connectivity index (χ0) is 16.5. The lowest BCUT2D eigenvalue weighted by Crippen LogP contribution is -2.42. The smallest absolute Gasteiger partial charge is 0.350 e. The Kier molecular flexibility index (Phi) is 3.85. The fraction of sp³-hybridized carbons (Fsp3) is 0.214. The fourth-order valence-corrected chi connectivity index (χ4v) is 1.77. The topological polar surface area (TPSA) is 102 Å². The van der Waals surface area contributed by atoms with Crippen molar-refractivity contribution in [2.45, 2.75) is 19.6 Å². The summed E-state index contributed by atoms with van der Waals surface area (Å²) < 4.78 is 23.4. The van der Waals surface area contributed by atoms with Gasteiger partial charge in [0.25, 0.3) is 5.79 Å². The summed E-state index contributed by atoms with van der Waals surface area (Å²) >= 11 is 0. The Morgan fingerprint density at radius 1 is 1.27 bits per heavy atom. The van der Waals surface area contributed by atoms with Crippen molar-refractivity contribution in [3.63, 3.8) is 0 Å². The molecule has 0 amide bonds. The van der Waals surface area contributed by atoms with Crippen molar-refractivity contribution in [2.75, 3.05) is 5.32 Å². The second-order valence-electron chi connectivity index (χ2n) is 4.85. The molecule has 22 heavy (non-hydrogen) atoms. The third-order valence-electron chi connectivity index (χ3n) is 2.72. The van der Waals surface area contributed by atoms with Gasteiger partial charge in [0.05, 0.1) is 11.3 Å². The van der Waals surface area contributed by atoms with E-state index in [1.165, 1.54) is 26.0 Å². The molecule has 1 aliphatic rings. The number of carbonyl (C=O) groups is 3. The fourth-order valence-electron chi connectivity index (χ4n) is 1.77. The zero-order valence-electron chi connectivity index (χ0n) is 11.7. The minimum atomic E-state index is -1.39. The molecule has 0 spiro atoms. The van der Waals surface area contributed by atoms with Crippen molar-refractivity contribution in [1.82, 2.24) is 0 Å². The van der Waals surface area contributed by atoms with Crippen molar-refractivity contribution in [3.8, 4) is 0 Å². The Labute approximate surface area is 124 Å². The predicted octanol–water partition coefficient (Wildman–Crippen LogP) is 1.66. The van der Waals surface area contributed by atoms with Gasteiger partial charge in [0, 0.05) is 20.0 Å². The number of anilines is 1. The number of cyclic esters (lactones) is 2. The molecule has 1 heterocycles. The third kappa shape index (κ3) is 3.05. The first-order valence-electron chi connectivity index (χ1n) is 6.16. The zero-order valence-corrected chi connectivity index (χ0v) is 11.7. The second-order valence-corrected chi connectivity index (χ2v) is 4.85. The van der Waals surface area contributed by atoms with E-state index in [-0.39, 0.29) is 11.3 Å². The van der Waals surface area contributed by atoms with Gasteiger partial charge in [-0.2, -0.15) is 0 Å². The number of aromatic carboxylic acids is 1. The van der Waals surface area contributed by atoms with Gasteiger partial charge in [0.2, 0.25) is 0 Å².